The molecule has 2 aromatic carbocycles. The summed E-state index contributed by atoms with van der Waals surface area (Å²) in [5.74, 6) is -0.392. The molecule has 11 heteroatoms. The number of imide groups is 1. The van der Waals surface area contributed by atoms with Gasteiger partial charge in [0.25, 0.3) is 0 Å². The van der Waals surface area contributed by atoms with E-state index in [-0.39, 0.29) is 18.2 Å². The van der Waals surface area contributed by atoms with E-state index < -0.39 is 15.9 Å². The summed E-state index contributed by atoms with van der Waals surface area (Å²) in [5.41, 5.74) is 1.15. The third-order valence-electron chi connectivity index (χ3n) is 7.25. The number of likely N-dealkylation sites (N-methyl/N-ethyl adjacent to an activating group) is 1. The molecule has 1 aromatic heterocycles. The molecule has 2 aliphatic heterocycles. The second kappa shape index (κ2) is 9.79. The van der Waals surface area contributed by atoms with Crippen molar-refractivity contribution in [3.63, 3.8) is 0 Å². The molecule has 2 saturated heterocycles. The van der Waals surface area contributed by atoms with Crippen molar-refractivity contribution < 1.29 is 27.3 Å². The van der Waals surface area contributed by atoms with Gasteiger partial charge in [-0.3, -0.25) is 19.8 Å². The maximum atomic E-state index is 12.4. The summed E-state index contributed by atoms with van der Waals surface area (Å²) >= 11 is 0. The van der Waals surface area contributed by atoms with E-state index in [1.54, 1.807) is 4.31 Å². The lowest BCUT2D eigenvalue weighted by molar-refractivity contribution is -0.134. The van der Waals surface area contributed by atoms with Crippen LogP contribution in [-0.2, 0) is 19.6 Å². The summed E-state index contributed by atoms with van der Waals surface area (Å²) in [5, 5.41) is 9.21. The topological polar surface area (TPSA) is 122 Å². The van der Waals surface area contributed by atoms with Crippen LogP contribution in [0.2, 0.25) is 0 Å². The van der Waals surface area contributed by atoms with Crippen molar-refractivity contribution in [2.24, 2.45) is 0 Å². The molecule has 2 amide bonds. The van der Waals surface area contributed by atoms with Crippen LogP contribution >= 0.6 is 0 Å². The number of piperidine rings is 2. The number of amides is 2. The lowest BCUT2D eigenvalue weighted by atomic mass is 9.91. The van der Waals surface area contributed by atoms with Crippen molar-refractivity contribution in [3.8, 4) is 5.75 Å². The third-order valence-corrected chi connectivity index (χ3v) is 8.55. The molecule has 1 unspecified atom stereocenters. The number of carbonyl (C=O) groups excluding carboxylic acids is 2. The molecule has 0 spiro atoms. The Hall–Kier alpha value is -3.02. The van der Waals surface area contributed by atoms with E-state index in [4.69, 9.17) is 9.26 Å². The summed E-state index contributed by atoms with van der Waals surface area (Å²) in [6.45, 7) is 2.34. The Labute approximate surface area is 209 Å². The van der Waals surface area contributed by atoms with Crippen LogP contribution in [0.15, 0.2) is 34.9 Å². The first-order valence-corrected chi connectivity index (χ1v) is 14.0. The lowest BCUT2D eigenvalue weighted by Gasteiger charge is -2.35. The Bertz CT molecular complexity index is 1410. The zero-order chi connectivity index (χ0) is 25.4. The van der Waals surface area contributed by atoms with Gasteiger partial charge < -0.3 is 9.26 Å². The maximum Gasteiger partial charge on any atom is 0.235 e. The summed E-state index contributed by atoms with van der Waals surface area (Å²) in [6, 6.07) is 9.90. The number of sulfonamides is 1. The van der Waals surface area contributed by atoms with E-state index in [9.17, 15) is 18.0 Å². The molecular weight excluding hydrogens is 484 g/mol. The summed E-state index contributed by atoms with van der Waals surface area (Å²) < 4.78 is 36.5. The number of aromatic nitrogens is 1. The van der Waals surface area contributed by atoms with Crippen molar-refractivity contribution in [3.05, 3.63) is 36.0 Å². The van der Waals surface area contributed by atoms with E-state index in [0.29, 0.717) is 43.4 Å². The van der Waals surface area contributed by atoms with Crippen molar-refractivity contribution in [1.29, 1.82) is 0 Å². The van der Waals surface area contributed by atoms with Crippen LogP contribution in [0.4, 0.5) is 0 Å². The first-order valence-electron chi connectivity index (χ1n) is 12.1. The van der Waals surface area contributed by atoms with Gasteiger partial charge in [-0.2, -0.15) is 0 Å². The number of carbonyl (C=O) groups is 2. The first kappa shape index (κ1) is 24.7. The Morgan fingerprint density at radius 3 is 2.67 bits per heavy atom. The maximum absolute atomic E-state index is 12.4. The number of nitrogens with one attached hydrogen (secondary N) is 1. The standard InChI is InChI=1S/C25H30N4O6S/c1-28(17-9-11-29(12-10-17)36(2,32)33)13-14-34-18-4-5-19-16(15-18)3-7-21-23(19)24(27-35-21)20-6-8-22(30)26-25(20)31/h3-5,7,15,17,20H,6,8-14H2,1-2H3,(H,26,30,31). The van der Waals surface area contributed by atoms with Crippen molar-refractivity contribution in [2.45, 2.75) is 37.6 Å². The van der Waals surface area contributed by atoms with Crippen molar-refractivity contribution >= 4 is 43.6 Å². The van der Waals surface area contributed by atoms with Crippen LogP contribution in [0.25, 0.3) is 21.7 Å². The first-order chi connectivity index (χ1) is 17.2. The number of hydrogen-bond acceptors (Lipinski definition) is 8. The molecule has 2 aliphatic rings. The summed E-state index contributed by atoms with van der Waals surface area (Å²) in [6.07, 6.45) is 3.56. The number of hydrogen-bond donors (Lipinski definition) is 1. The molecule has 0 bridgehead atoms. The lowest BCUT2D eigenvalue weighted by Crippen LogP contribution is -2.46. The van der Waals surface area contributed by atoms with Gasteiger partial charge in [-0.1, -0.05) is 11.2 Å². The zero-order valence-electron chi connectivity index (χ0n) is 20.4. The molecule has 1 N–H and O–H groups in total. The van der Waals surface area contributed by atoms with Gasteiger partial charge in [0.1, 0.15) is 18.1 Å². The highest BCUT2D eigenvalue weighted by molar-refractivity contribution is 7.88. The normalized spacial score (nSPS) is 20.4. The number of rotatable bonds is 7. The molecule has 1 atom stereocenters. The van der Waals surface area contributed by atoms with Gasteiger partial charge in [0.05, 0.1) is 17.6 Å². The minimum absolute atomic E-state index is 0.263. The highest BCUT2D eigenvalue weighted by Crippen LogP contribution is 2.36. The molecule has 2 fully saturated rings. The molecule has 10 nitrogen and oxygen atoms in total. The summed E-state index contributed by atoms with van der Waals surface area (Å²) in [4.78, 5) is 26.2. The number of fused-ring (bicyclic) bond motifs is 3. The average Bonchev–Trinajstić information content (AvgIpc) is 3.28. The van der Waals surface area contributed by atoms with Crippen molar-refractivity contribution in [1.82, 2.24) is 19.7 Å². The van der Waals surface area contributed by atoms with E-state index in [2.05, 4.69) is 15.4 Å². The minimum Gasteiger partial charge on any atom is -0.492 e. The van der Waals surface area contributed by atoms with Crippen LogP contribution in [0.3, 0.4) is 0 Å². The third kappa shape index (κ3) is 4.95. The van der Waals surface area contributed by atoms with Crippen LogP contribution in [0, 0.1) is 0 Å². The molecule has 192 valence electrons. The largest absolute Gasteiger partial charge is 0.492 e. The van der Waals surface area contributed by atoms with Gasteiger partial charge >= 0.3 is 0 Å². The van der Waals surface area contributed by atoms with Gasteiger partial charge in [-0.25, -0.2) is 12.7 Å². The highest BCUT2D eigenvalue weighted by atomic mass is 32.2. The minimum atomic E-state index is -3.12. The fourth-order valence-corrected chi connectivity index (χ4v) is 6.03. The molecule has 0 saturated carbocycles. The second-order valence-corrected chi connectivity index (χ2v) is 11.6. The van der Waals surface area contributed by atoms with Gasteiger partial charge in [0.2, 0.25) is 21.8 Å². The number of nitrogens with zero attached hydrogens (tertiary/aromatic N) is 3. The van der Waals surface area contributed by atoms with E-state index in [1.807, 2.05) is 37.4 Å². The van der Waals surface area contributed by atoms with Crippen molar-refractivity contribution in [2.75, 3.05) is 39.5 Å². The van der Waals surface area contributed by atoms with Gasteiger partial charge in [0.15, 0.2) is 5.58 Å². The van der Waals surface area contributed by atoms with Gasteiger partial charge in [-0.15, -0.1) is 0 Å². The van der Waals surface area contributed by atoms with E-state index in [1.165, 1.54) is 6.26 Å². The molecule has 0 aliphatic carbocycles. The Kier molecular flexibility index (Phi) is 6.71. The Balaban J connectivity index is 1.25. The zero-order valence-corrected chi connectivity index (χ0v) is 21.2. The van der Waals surface area contributed by atoms with Gasteiger partial charge in [0, 0.05) is 32.1 Å². The van der Waals surface area contributed by atoms with Crippen LogP contribution in [0.5, 0.6) is 5.75 Å². The smallest absolute Gasteiger partial charge is 0.235 e. The van der Waals surface area contributed by atoms with E-state index >= 15 is 0 Å². The predicted molar refractivity (Wildman–Crippen MR) is 134 cm³/mol. The van der Waals surface area contributed by atoms with Crippen LogP contribution < -0.4 is 10.1 Å². The summed E-state index contributed by atoms with van der Waals surface area (Å²) in [7, 11) is -1.08. The fraction of sp³-hybridized carbons (Fsp3) is 0.480. The molecule has 5 rings (SSSR count). The molecule has 36 heavy (non-hydrogen) atoms. The fourth-order valence-electron chi connectivity index (χ4n) is 5.16. The second-order valence-electron chi connectivity index (χ2n) is 9.62. The Morgan fingerprint density at radius 2 is 1.94 bits per heavy atom. The van der Waals surface area contributed by atoms with Crippen LogP contribution in [-0.4, -0.2) is 80.2 Å². The molecule has 3 heterocycles. The number of ether oxygens (including phenoxy) is 1. The SMILES string of the molecule is CN(CCOc1ccc2c(ccc3onc(C4CCC(=O)NC4=O)c32)c1)C1CCN(S(C)(=O)=O)CC1. The average molecular weight is 515 g/mol. The van der Waals surface area contributed by atoms with Gasteiger partial charge in [-0.05, 0) is 61.3 Å². The molecule has 0 radical (unpaired) electrons. The monoisotopic (exact) mass is 514 g/mol. The number of benzene rings is 2. The highest BCUT2D eigenvalue weighted by Gasteiger charge is 2.32. The molecular formula is C25H30N4O6S. The Morgan fingerprint density at radius 1 is 1.17 bits per heavy atom. The quantitative estimate of drug-likeness (QED) is 0.477. The van der Waals surface area contributed by atoms with E-state index in [0.717, 1.165) is 41.3 Å². The predicted octanol–water partition coefficient (Wildman–Crippen LogP) is 2.24. The molecule has 3 aromatic rings. The van der Waals surface area contributed by atoms with Crippen LogP contribution in [0.1, 0.15) is 37.3 Å².